The smallest absolute Gasteiger partial charge is 0.136 e. The first-order valence-electron chi connectivity index (χ1n) is 5.98. The van der Waals surface area contributed by atoms with Crippen molar-refractivity contribution in [3.8, 4) is 0 Å². The molecule has 3 aromatic rings. The van der Waals surface area contributed by atoms with Crippen LogP contribution in [-0.2, 0) is 12.8 Å². The van der Waals surface area contributed by atoms with Crippen LogP contribution < -0.4 is 0 Å². The topological polar surface area (TPSA) is 17.3 Å². The fraction of sp³-hybridized carbons (Fsp3) is 0.133. The van der Waals surface area contributed by atoms with Gasteiger partial charge in [-0.3, -0.25) is 0 Å². The first-order valence-corrected chi connectivity index (χ1v) is 5.98. The predicted octanol–water partition coefficient (Wildman–Crippen LogP) is 3.26. The zero-order valence-corrected chi connectivity index (χ0v) is 9.88. The number of nitrogens with zero attached hydrogens (tertiary/aromatic N) is 2. The van der Waals surface area contributed by atoms with Crippen LogP contribution in [0.3, 0.4) is 0 Å². The van der Waals surface area contributed by atoms with Gasteiger partial charge >= 0.3 is 0 Å². The summed E-state index contributed by atoms with van der Waals surface area (Å²) in [5.74, 6) is -0.188. The molecule has 0 unspecified atom stereocenters. The van der Waals surface area contributed by atoms with Crippen LogP contribution in [0, 0.1) is 5.82 Å². The van der Waals surface area contributed by atoms with Gasteiger partial charge in [0.1, 0.15) is 11.5 Å². The standard InChI is InChI=1S/C15H13FN2/c16-13-7-4-12(5-8-13)6-9-14-11-18-10-2-1-3-15(18)17-14/h1-5,7-8,10-11H,6,9H2. The van der Waals surface area contributed by atoms with Crippen LogP contribution in [0.25, 0.3) is 5.65 Å². The summed E-state index contributed by atoms with van der Waals surface area (Å²) in [6, 6.07) is 12.6. The SMILES string of the molecule is Fc1ccc(CCc2cn3ccccc3n2)cc1. The summed E-state index contributed by atoms with van der Waals surface area (Å²) >= 11 is 0. The average Bonchev–Trinajstić information content (AvgIpc) is 2.81. The van der Waals surface area contributed by atoms with Crippen molar-refractivity contribution in [1.82, 2.24) is 9.38 Å². The van der Waals surface area contributed by atoms with Gasteiger partial charge in [-0.25, -0.2) is 9.37 Å². The van der Waals surface area contributed by atoms with E-state index in [1.807, 2.05) is 47.1 Å². The molecule has 0 bridgehead atoms. The third-order valence-electron chi connectivity index (χ3n) is 3.00. The molecule has 90 valence electrons. The Morgan fingerprint density at radius 2 is 1.83 bits per heavy atom. The molecule has 0 aliphatic heterocycles. The van der Waals surface area contributed by atoms with Crippen molar-refractivity contribution in [2.45, 2.75) is 12.8 Å². The van der Waals surface area contributed by atoms with E-state index in [1.165, 1.54) is 12.1 Å². The molecule has 0 amide bonds. The lowest BCUT2D eigenvalue weighted by Crippen LogP contribution is -1.91. The summed E-state index contributed by atoms with van der Waals surface area (Å²) in [5, 5.41) is 0. The largest absolute Gasteiger partial charge is 0.307 e. The van der Waals surface area contributed by atoms with Gasteiger partial charge in [0.25, 0.3) is 0 Å². The van der Waals surface area contributed by atoms with Gasteiger partial charge in [-0.2, -0.15) is 0 Å². The Morgan fingerprint density at radius 1 is 1.00 bits per heavy atom. The molecule has 1 aromatic carbocycles. The Morgan fingerprint density at radius 3 is 2.61 bits per heavy atom. The molecule has 2 aromatic heterocycles. The second-order valence-corrected chi connectivity index (χ2v) is 4.32. The molecule has 0 spiro atoms. The summed E-state index contributed by atoms with van der Waals surface area (Å²) in [6.45, 7) is 0. The Bertz CT molecular complexity index is 623. The van der Waals surface area contributed by atoms with Gasteiger partial charge in [-0.1, -0.05) is 18.2 Å². The van der Waals surface area contributed by atoms with Gasteiger partial charge in [0.05, 0.1) is 5.69 Å². The summed E-state index contributed by atoms with van der Waals surface area (Å²) in [5.41, 5.74) is 3.16. The van der Waals surface area contributed by atoms with Crippen LogP contribution in [0.1, 0.15) is 11.3 Å². The highest BCUT2D eigenvalue weighted by atomic mass is 19.1. The molecule has 3 rings (SSSR count). The fourth-order valence-corrected chi connectivity index (χ4v) is 2.03. The Labute approximate surface area is 105 Å². The van der Waals surface area contributed by atoms with E-state index in [-0.39, 0.29) is 5.82 Å². The predicted molar refractivity (Wildman–Crippen MR) is 69.0 cm³/mol. The summed E-state index contributed by atoms with van der Waals surface area (Å²) in [7, 11) is 0. The molecule has 2 nitrogen and oxygen atoms in total. The number of hydrogen-bond acceptors (Lipinski definition) is 1. The van der Waals surface area contributed by atoms with Gasteiger partial charge in [0.15, 0.2) is 0 Å². The van der Waals surface area contributed by atoms with E-state index in [0.29, 0.717) is 0 Å². The summed E-state index contributed by atoms with van der Waals surface area (Å²) in [6.07, 6.45) is 5.78. The third-order valence-corrected chi connectivity index (χ3v) is 3.00. The van der Waals surface area contributed by atoms with E-state index >= 15 is 0 Å². The van der Waals surface area contributed by atoms with Crippen LogP contribution in [0.5, 0.6) is 0 Å². The van der Waals surface area contributed by atoms with Crippen molar-refractivity contribution in [1.29, 1.82) is 0 Å². The molecule has 18 heavy (non-hydrogen) atoms. The quantitative estimate of drug-likeness (QED) is 0.687. The number of aromatic nitrogens is 2. The number of benzene rings is 1. The van der Waals surface area contributed by atoms with Gasteiger partial charge < -0.3 is 4.40 Å². The maximum absolute atomic E-state index is 12.8. The highest BCUT2D eigenvalue weighted by Crippen LogP contribution is 2.09. The summed E-state index contributed by atoms with van der Waals surface area (Å²) < 4.78 is 14.8. The highest BCUT2D eigenvalue weighted by molar-refractivity contribution is 5.39. The number of rotatable bonds is 3. The molecule has 0 atom stereocenters. The molecule has 0 radical (unpaired) electrons. The minimum absolute atomic E-state index is 0.188. The van der Waals surface area contributed by atoms with Crippen molar-refractivity contribution in [2.24, 2.45) is 0 Å². The summed E-state index contributed by atoms with van der Waals surface area (Å²) in [4.78, 5) is 4.53. The van der Waals surface area contributed by atoms with Crippen molar-refractivity contribution >= 4 is 5.65 Å². The van der Waals surface area contributed by atoms with Gasteiger partial charge in [0.2, 0.25) is 0 Å². The van der Waals surface area contributed by atoms with Crippen LogP contribution in [0.2, 0.25) is 0 Å². The lowest BCUT2D eigenvalue weighted by molar-refractivity contribution is 0.627. The molecule has 0 fully saturated rings. The molecular weight excluding hydrogens is 227 g/mol. The van der Waals surface area contributed by atoms with E-state index in [4.69, 9.17) is 0 Å². The monoisotopic (exact) mass is 240 g/mol. The van der Waals surface area contributed by atoms with Gasteiger partial charge in [0, 0.05) is 12.4 Å². The Balaban J connectivity index is 1.74. The number of halogens is 1. The van der Waals surface area contributed by atoms with Crippen LogP contribution >= 0.6 is 0 Å². The minimum Gasteiger partial charge on any atom is -0.307 e. The Kier molecular flexibility index (Phi) is 2.81. The van der Waals surface area contributed by atoms with Crippen LogP contribution in [0.15, 0.2) is 54.9 Å². The average molecular weight is 240 g/mol. The number of fused-ring (bicyclic) bond motifs is 1. The number of hydrogen-bond donors (Lipinski definition) is 0. The third kappa shape index (κ3) is 2.25. The normalized spacial score (nSPS) is 10.9. The van der Waals surface area contributed by atoms with E-state index in [2.05, 4.69) is 4.98 Å². The lowest BCUT2D eigenvalue weighted by Gasteiger charge is -1.98. The van der Waals surface area contributed by atoms with Gasteiger partial charge in [-0.15, -0.1) is 0 Å². The van der Waals surface area contributed by atoms with Crippen molar-refractivity contribution in [3.05, 3.63) is 71.9 Å². The minimum atomic E-state index is -0.188. The number of pyridine rings is 1. The Hall–Kier alpha value is -2.16. The molecule has 2 heterocycles. The first kappa shape index (κ1) is 11.0. The van der Waals surface area contributed by atoms with Crippen LogP contribution in [-0.4, -0.2) is 9.38 Å². The van der Waals surface area contributed by atoms with E-state index in [0.717, 1.165) is 29.7 Å². The van der Waals surface area contributed by atoms with Crippen molar-refractivity contribution in [3.63, 3.8) is 0 Å². The van der Waals surface area contributed by atoms with Crippen LogP contribution in [0.4, 0.5) is 4.39 Å². The molecule has 3 heteroatoms. The first-order chi connectivity index (χ1) is 8.81. The van der Waals surface area contributed by atoms with Crippen molar-refractivity contribution in [2.75, 3.05) is 0 Å². The molecule has 0 N–H and O–H groups in total. The lowest BCUT2D eigenvalue weighted by atomic mass is 10.1. The van der Waals surface area contributed by atoms with E-state index in [9.17, 15) is 4.39 Å². The zero-order valence-electron chi connectivity index (χ0n) is 9.88. The van der Waals surface area contributed by atoms with Gasteiger partial charge in [-0.05, 0) is 42.7 Å². The molecular formula is C15H13FN2. The number of aryl methyl sites for hydroxylation is 2. The van der Waals surface area contributed by atoms with E-state index in [1.54, 1.807) is 0 Å². The molecule has 0 saturated carbocycles. The van der Waals surface area contributed by atoms with E-state index < -0.39 is 0 Å². The highest BCUT2D eigenvalue weighted by Gasteiger charge is 2.01. The molecule has 0 saturated heterocycles. The zero-order chi connectivity index (χ0) is 12.4. The maximum atomic E-state index is 12.8. The second kappa shape index (κ2) is 4.61. The number of imidazole rings is 1. The maximum Gasteiger partial charge on any atom is 0.136 e. The second-order valence-electron chi connectivity index (χ2n) is 4.32. The fourth-order valence-electron chi connectivity index (χ4n) is 2.03. The molecule has 0 aliphatic rings. The van der Waals surface area contributed by atoms with Crippen molar-refractivity contribution < 1.29 is 4.39 Å². The molecule has 0 aliphatic carbocycles.